The van der Waals surface area contributed by atoms with E-state index in [1.54, 1.807) is 37.6 Å². The summed E-state index contributed by atoms with van der Waals surface area (Å²) in [6, 6.07) is 7.98. The third kappa shape index (κ3) is 5.43. The molecule has 0 saturated heterocycles. The normalized spacial score (nSPS) is 12.7. The van der Waals surface area contributed by atoms with Crippen molar-refractivity contribution in [2.24, 2.45) is 0 Å². The first-order valence-electron chi connectivity index (χ1n) is 7.64. The van der Waals surface area contributed by atoms with Gasteiger partial charge in [0.2, 0.25) is 0 Å². The Morgan fingerprint density at radius 1 is 1.15 bits per heavy atom. The van der Waals surface area contributed by atoms with Gasteiger partial charge in [0.1, 0.15) is 11.4 Å². The first-order chi connectivity index (χ1) is 12.3. The molecule has 5 nitrogen and oxygen atoms in total. The van der Waals surface area contributed by atoms with Crippen LogP contribution in [-0.4, -0.2) is 35.5 Å². The number of hydrogen-bond acceptors (Lipinski definition) is 5. The molecular weight excluding hydrogens is 371 g/mol. The van der Waals surface area contributed by atoms with Crippen LogP contribution in [0.3, 0.4) is 0 Å². The largest absolute Gasteiger partial charge is 0.508 e. The number of halogens is 3. The van der Waals surface area contributed by atoms with Crippen molar-refractivity contribution in [3.05, 3.63) is 42.1 Å². The lowest BCUT2D eigenvalue weighted by atomic mass is 10.1. The number of hydrogen-bond donors (Lipinski definition) is 0. The Kier molecular flexibility index (Phi) is 6.98. The second-order valence-corrected chi connectivity index (χ2v) is 6.38. The summed E-state index contributed by atoms with van der Waals surface area (Å²) >= 11 is -3.48. The molecule has 0 spiro atoms. The van der Waals surface area contributed by atoms with Crippen LogP contribution in [0.2, 0.25) is 0 Å². The minimum Gasteiger partial charge on any atom is -0.497 e. The molecule has 2 aromatic rings. The summed E-state index contributed by atoms with van der Waals surface area (Å²) in [5.41, 5.74) is -3.64. The topological polar surface area (TPSA) is 57.6 Å². The van der Waals surface area contributed by atoms with Crippen LogP contribution in [-0.2, 0) is 22.2 Å². The summed E-state index contributed by atoms with van der Waals surface area (Å²) in [7, 11) is 3.06. The third-order valence-corrected chi connectivity index (χ3v) is 4.15. The minimum absolute atomic E-state index is 0.167. The zero-order chi connectivity index (χ0) is 19.2. The molecule has 1 unspecified atom stereocenters. The summed E-state index contributed by atoms with van der Waals surface area (Å²) < 4.78 is 64.0. The Labute approximate surface area is 151 Å². The van der Waals surface area contributed by atoms with E-state index >= 15 is 0 Å². The van der Waals surface area contributed by atoms with Gasteiger partial charge in [-0.3, -0.25) is 4.98 Å². The van der Waals surface area contributed by atoms with E-state index in [0.29, 0.717) is 36.3 Å². The Bertz CT molecular complexity index is 751. The lowest BCUT2D eigenvalue weighted by molar-refractivity contribution is -0.0437. The van der Waals surface area contributed by atoms with Gasteiger partial charge in [-0.15, -0.1) is 0 Å². The van der Waals surface area contributed by atoms with E-state index in [-0.39, 0.29) is 11.4 Å². The predicted molar refractivity (Wildman–Crippen MR) is 91.2 cm³/mol. The summed E-state index contributed by atoms with van der Waals surface area (Å²) in [4.78, 5) is 4.21. The van der Waals surface area contributed by atoms with Gasteiger partial charge in [0.25, 0.3) is 0 Å². The fourth-order valence-electron chi connectivity index (χ4n) is 2.20. The highest BCUT2D eigenvalue weighted by atomic mass is 32.2. The second kappa shape index (κ2) is 9.00. The SMILES string of the molecule is COCCCc1cnc(-c2ccc(OC)cc2)c(OS(=O)C(F)(F)F)c1. The molecule has 1 atom stereocenters. The van der Waals surface area contributed by atoms with Gasteiger partial charge in [0.05, 0.1) is 7.11 Å². The van der Waals surface area contributed by atoms with Crippen LogP contribution in [0.4, 0.5) is 13.2 Å². The molecular formula is C17H18F3NO4S. The van der Waals surface area contributed by atoms with Crippen LogP contribution in [0.25, 0.3) is 11.3 Å². The fraction of sp³-hybridized carbons (Fsp3) is 0.353. The van der Waals surface area contributed by atoms with Gasteiger partial charge in [0.15, 0.2) is 5.75 Å². The van der Waals surface area contributed by atoms with Crippen LogP contribution < -0.4 is 8.92 Å². The number of pyridine rings is 1. The maximum atomic E-state index is 12.6. The third-order valence-electron chi connectivity index (χ3n) is 3.44. The van der Waals surface area contributed by atoms with Crippen molar-refractivity contribution < 1.29 is 31.0 Å². The summed E-state index contributed by atoms with van der Waals surface area (Å²) in [5, 5.41) is 0. The molecule has 0 saturated carbocycles. The Morgan fingerprint density at radius 2 is 1.85 bits per heavy atom. The molecule has 0 aliphatic carbocycles. The second-order valence-electron chi connectivity index (χ2n) is 5.28. The number of rotatable bonds is 8. The van der Waals surface area contributed by atoms with Crippen LogP contribution in [0.5, 0.6) is 11.5 Å². The predicted octanol–water partition coefficient (Wildman–Crippen LogP) is 3.90. The zero-order valence-electron chi connectivity index (χ0n) is 14.2. The highest BCUT2D eigenvalue weighted by molar-refractivity contribution is 7.81. The monoisotopic (exact) mass is 389 g/mol. The van der Waals surface area contributed by atoms with Crippen molar-refractivity contribution in [2.45, 2.75) is 18.3 Å². The summed E-state index contributed by atoms with van der Waals surface area (Å²) in [6.45, 7) is 0.505. The van der Waals surface area contributed by atoms with Gasteiger partial charge in [-0.2, -0.15) is 13.2 Å². The van der Waals surface area contributed by atoms with Crippen molar-refractivity contribution >= 4 is 11.1 Å². The molecule has 0 N–H and O–H groups in total. The molecule has 0 bridgehead atoms. The van der Waals surface area contributed by atoms with E-state index in [4.69, 9.17) is 13.7 Å². The quantitative estimate of drug-likeness (QED) is 0.641. The molecule has 1 aromatic heterocycles. The number of nitrogens with zero attached hydrogens (tertiary/aromatic N) is 1. The molecule has 1 aromatic carbocycles. The van der Waals surface area contributed by atoms with Gasteiger partial charge in [-0.1, -0.05) is 0 Å². The van der Waals surface area contributed by atoms with E-state index in [1.807, 2.05) is 0 Å². The first-order valence-corrected chi connectivity index (χ1v) is 8.72. The number of aryl methyl sites for hydroxylation is 1. The molecule has 0 radical (unpaired) electrons. The van der Waals surface area contributed by atoms with Crippen molar-refractivity contribution in [2.75, 3.05) is 20.8 Å². The van der Waals surface area contributed by atoms with E-state index in [9.17, 15) is 17.4 Å². The van der Waals surface area contributed by atoms with Gasteiger partial charge < -0.3 is 13.7 Å². The van der Waals surface area contributed by atoms with Gasteiger partial charge >= 0.3 is 16.6 Å². The number of alkyl halides is 3. The lowest BCUT2D eigenvalue weighted by Crippen LogP contribution is -2.21. The van der Waals surface area contributed by atoms with Crippen LogP contribution in [0, 0.1) is 0 Å². The van der Waals surface area contributed by atoms with Crippen LogP contribution in [0.15, 0.2) is 36.5 Å². The number of ether oxygens (including phenoxy) is 2. The van der Waals surface area contributed by atoms with Crippen LogP contribution >= 0.6 is 0 Å². The average molecular weight is 389 g/mol. The molecule has 142 valence electrons. The Balaban J connectivity index is 2.36. The minimum atomic E-state index is -4.98. The number of benzene rings is 1. The Hall–Kier alpha value is -2.13. The maximum absolute atomic E-state index is 12.6. The molecule has 1 heterocycles. The molecule has 0 amide bonds. The number of aromatic nitrogens is 1. The standard InChI is InChI=1S/C17H18F3NO4S/c1-23-9-3-4-12-10-15(25-26(22)17(18,19)20)16(21-11-12)13-5-7-14(24-2)8-6-13/h5-8,10-11H,3-4,9H2,1-2H3. The van der Waals surface area contributed by atoms with E-state index in [2.05, 4.69) is 4.98 Å². The highest BCUT2D eigenvalue weighted by Gasteiger charge is 2.40. The van der Waals surface area contributed by atoms with E-state index < -0.39 is 16.6 Å². The summed E-state index contributed by atoms with van der Waals surface area (Å²) in [5.74, 6) is 0.395. The molecule has 0 aliphatic heterocycles. The Morgan fingerprint density at radius 3 is 2.42 bits per heavy atom. The van der Waals surface area contributed by atoms with Crippen molar-refractivity contribution in [1.82, 2.24) is 4.98 Å². The van der Waals surface area contributed by atoms with Crippen LogP contribution in [0.1, 0.15) is 12.0 Å². The fourth-order valence-corrected chi connectivity index (χ4v) is 2.59. The van der Waals surface area contributed by atoms with Crippen molar-refractivity contribution in [3.8, 4) is 22.8 Å². The maximum Gasteiger partial charge on any atom is 0.508 e. The number of methoxy groups -OCH3 is 2. The summed E-state index contributed by atoms with van der Waals surface area (Å²) in [6.07, 6.45) is 2.76. The lowest BCUT2D eigenvalue weighted by Gasteiger charge is -2.13. The molecule has 26 heavy (non-hydrogen) atoms. The molecule has 9 heteroatoms. The zero-order valence-corrected chi connectivity index (χ0v) is 15.0. The van der Waals surface area contributed by atoms with Gasteiger partial charge in [0, 0.05) is 25.5 Å². The first kappa shape index (κ1) is 20.2. The molecule has 0 aliphatic rings. The van der Waals surface area contributed by atoms with Gasteiger partial charge in [-0.25, -0.2) is 4.21 Å². The van der Waals surface area contributed by atoms with Crippen molar-refractivity contribution in [3.63, 3.8) is 0 Å². The smallest absolute Gasteiger partial charge is 0.497 e. The average Bonchev–Trinajstić information content (AvgIpc) is 2.61. The van der Waals surface area contributed by atoms with E-state index in [1.165, 1.54) is 13.2 Å². The highest BCUT2D eigenvalue weighted by Crippen LogP contribution is 2.33. The molecule has 0 fully saturated rings. The molecule has 2 rings (SSSR count). The van der Waals surface area contributed by atoms with Crippen molar-refractivity contribution in [1.29, 1.82) is 0 Å². The van der Waals surface area contributed by atoms with E-state index in [0.717, 1.165) is 0 Å². The van der Waals surface area contributed by atoms with Gasteiger partial charge in [-0.05, 0) is 48.7 Å².